The third kappa shape index (κ3) is 4.21. The summed E-state index contributed by atoms with van der Waals surface area (Å²) in [7, 11) is 2.03. The lowest BCUT2D eigenvalue weighted by atomic mass is 9.73. The lowest BCUT2D eigenvalue weighted by Crippen LogP contribution is -2.42. The van der Waals surface area contributed by atoms with Crippen molar-refractivity contribution in [2.45, 2.75) is 51.4 Å². The molecular formula is C23H34FN3O2. The molecule has 4 atom stereocenters. The number of nitrogens with one attached hydrogen (secondary N) is 1. The molecule has 3 heterocycles. The topological polar surface area (TPSA) is 44.8 Å². The molecule has 3 aliphatic rings. The molecule has 0 aliphatic carbocycles. The normalized spacial score (nSPS) is 30.9. The van der Waals surface area contributed by atoms with Gasteiger partial charge in [0, 0.05) is 56.5 Å². The van der Waals surface area contributed by atoms with E-state index >= 15 is 0 Å². The van der Waals surface area contributed by atoms with Crippen molar-refractivity contribution < 1.29 is 13.9 Å². The van der Waals surface area contributed by atoms with Gasteiger partial charge in [0.25, 0.3) is 0 Å². The van der Waals surface area contributed by atoms with Crippen molar-refractivity contribution in [2.24, 2.45) is 11.8 Å². The van der Waals surface area contributed by atoms with E-state index in [1.165, 1.54) is 0 Å². The van der Waals surface area contributed by atoms with Gasteiger partial charge in [-0.15, -0.1) is 0 Å². The predicted octanol–water partition coefficient (Wildman–Crippen LogP) is 2.57. The number of amides is 1. The summed E-state index contributed by atoms with van der Waals surface area (Å²) >= 11 is 0. The van der Waals surface area contributed by atoms with Gasteiger partial charge in [0.1, 0.15) is 5.82 Å². The monoisotopic (exact) mass is 403 g/mol. The molecule has 0 aromatic heterocycles. The Labute approximate surface area is 173 Å². The smallest absolute Gasteiger partial charge is 0.221 e. The number of hydrogen-bond acceptors (Lipinski definition) is 4. The van der Waals surface area contributed by atoms with Crippen LogP contribution in [0.2, 0.25) is 0 Å². The molecule has 1 amide bonds. The summed E-state index contributed by atoms with van der Waals surface area (Å²) in [6, 6.07) is 5.33. The summed E-state index contributed by atoms with van der Waals surface area (Å²) < 4.78 is 20.7. The highest BCUT2D eigenvalue weighted by Crippen LogP contribution is 2.54. The van der Waals surface area contributed by atoms with Gasteiger partial charge in [0.2, 0.25) is 5.91 Å². The maximum atomic E-state index is 14.2. The molecule has 1 N–H and O–H groups in total. The van der Waals surface area contributed by atoms with Crippen LogP contribution in [-0.4, -0.2) is 67.2 Å². The number of ether oxygens (including phenoxy) is 1. The van der Waals surface area contributed by atoms with Gasteiger partial charge in [-0.05, 0) is 39.4 Å². The molecule has 3 aliphatic heterocycles. The zero-order valence-electron chi connectivity index (χ0n) is 17.9. The number of halogens is 1. The van der Waals surface area contributed by atoms with Crippen LogP contribution in [0.5, 0.6) is 0 Å². The van der Waals surface area contributed by atoms with E-state index in [9.17, 15) is 9.18 Å². The second kappa shape index (κ2) is 8.32. The van der Waals surface area contributed by atoms with E-state index in [0.717, 1.165) is 50.1 Å². The maximum absolute atomic E-state index is 14.2. The van der Waals surface area contributed by atoms with E-state index in [-0.39, 0.29) is 23.4 Å². The SMILES string of the molecule is CCN(C)CCC(=O)NC[C@H]1[C@H]2CN(Cc3cc(C)ccc3F)C[C@]23CC[C@H]1O3. The Bertz CT molecular complexity index is 758. The zero-order chi connectivity index (χ0) is 20.6. The minimum Gasteiger partial charge on any atom is -0.370 e. The number of likely N-dealkylation sites (tertiary alicyclic amines) is 1. The average molecular weight is 404 g/mol. The summed E-state index contributed by atoms with van der Waals surface area (Å²) in [6.07, 6.45) is 2.96. The third-order valence-corrected chi connectivity index (χ3v) is 7.24. The van der Waals surface area contributed by atoms with Crippen molar-refractivity contribution in [1.82, 2.24) is 15.1 Å². The molecule has 3 saturated heterocycles. The number of carbonyl (C=O) groups is 1. The fourth-order valence-electron chi connectivity index (χ4n) is 5.52. The maximum Gasteiger partial charge on any atom is 0.221 e. The second-order valence-corrected chi connectivity index (χ2v) is 9.24. The Balaban J connectivity index is 1.35. The largest absolute Gasteiger partial charge is 0.370 e. The lowest BCUT2D eigenvalue weighted by Gasteiger charge is -2.29. The van der Waals surface area contributed by atoms with Crippen LogP contribution in [0.15, 0.2) is 18.2 Å². The molecular weight excluding hydrogens is 369 g/mol. The highest BCUT2D eigenvalue weighted by atomic mass is 19.1. The Morgan fingerprint density at radius 3 is 3.07 bits per heavy atom. The van der Waals surface area contributed by atoms with Crippen LogP contribution in [0, 0.1) is 24.6 Å². The first-order valence-electron chi connectivity index (χ1n) is 11.0. The van der Waals surface area contributed by atoms with E-state index < -0.39 is 0 Å². The summed E-state index contributed by atoms with van der Waals surface area (Å²) in [4.78, 5) is 16.8. The zero-order valence-corrected chi connectivity index (χ0v) is 17.9. The van der Waals surface area contributed by atoms with Crippen LogP contribution in [0.3, 0.4) is 0 Å². The molecule has 3 fully saturated rings. The minimum absolute atomic E-state index is 0.0945. The first-order chi connectivity index (χ1) is 13.9. The van der Waals surface area contributed by atoms with Crippen molar-refractivity contribution in [3.8, 4) is 0 Å². The molecule has 1 spiro atoms. The van der Waals surface area contributed by atoms with Gasteiger partial charge in [0.05, 0.1) is 11.7 Å². The van der Waals surface area contributed by atoms with Crippen LogP contribution in [0.25, 0.3) is 0 Å². The first kappa shape index (κ1) is 20.8. The number of rotatable bonds is 8. The molecule has 1 aromatic carbocycles. The molecule has 2 bridgehead atoms. The molecule has 1 aromatic rings. The van der Waals surface area contributed by atoms with Gasteiger partial charge >= 0.3 is 0 Å². The fraction of sp³-hybridized carbons (Fsp3) is 0.696. The van der Waals surface area contributed by atoms with Crippen molar-refractivity contribution in [2.75, 3.05) is 39.8 Å². The number of benzene rings is 1. The summed E-state index contributed by atoms with van der Waals surface area (Å²) in [5, 5.41) is 3.16. The lowest BCUT2D eigenvalue weighted by molar-refractivity contribution is -0.121. The van der Waals surface area contributed by atoms with Gasteiger partial charge < -0.3 is 15.0 Å². The van der Waals surface area contributed by atoms with Crippen LogP contribution in [0.4, 0.5) is 4.39 Å². The highest BCUT2D eigenvalue weighted by Gasteiger charge is 2.62. The predicted molar refractivity (Wildman–Crippen MR) is 111 cm³/mol. The average Bonchev–Trinajstić information content (AvgIpc) is 3.35. The molecule has 0 unspecified atom stereocenters. The first-order valence-corrected chi connectivity index (χ1v) is 11.0. The Kier molecular flexibility index (Phi) is 5.96. The van der Waals surface area contributed by atoms with Crippen molar-refractivity contribution in [3.63, 3.8) is 0 Å². The van der Waals surface area contributed by atoms with Gasteiger partial charge in [-0.1, -0.05) is 24.6 Å². The Hall–Kier alpha value is -1.50. The van der Waals surface area contributed by atoms with Gasteiger partial charge in [0.15, 0.2) is 0 Å². The molecule has 160 valence electrons. The highest BCUT2D eigenvalue weighted by molar-refractivity contribution is 5.76. The molecule has 29 heavy (non-hydrogen) atoms. The fourth-order valence-corrected chi connectivity index (χ4v) is 5.52. The van der Waals surface area contributed by atoms with E-state index in [0.29, 0.717) is 31.3 Å². The molecule has 0 radical (unpaired) electrons. The van der Waals surface area contributed by atoms with E-state index in [1.807, 2.05) is 26.1 Å². The number of aryl methyl sites for hydroxylation is 1. The number of nitrogens with zero attached hydrogens (tertiary/aromatic N) is 2. The molecule has 5 nitrogen and oxygen atoms in total. The second-order valence-electron chi connectivity index (χ2n) is 9.24. The summed E-state index contributed by atoms with van der Waals surface area (Å²) in [5.41, 5.74) is 1.76. The quantitative estimate of drug-likeness (QED) is 0.725. The van der Waals surface area contributed by atoms with E-state index in [2.05, 4.69) is 22.0 Å². The summed E-state index contributed by atoms with van der Waals surface area (Å²) in [6.45, 7) is 8.95. The minimum atomic E-state index is -0.128. The van der Waals surface area contributed by atoms with Gasteiger partial charge in [-0.25, -0.2) is 4.39 Å². The van der Waals surface area contributed by atoms with Crippen LogP contribution < -0.4 is 5.32 Å². The van der Waals surface area contributed by atoms with Gasteiger partial charge in [-0.3, -0.25) is 9.69 Å². The van der Waals surface area contributed by atoms with Gasteiger partial charge in [-0.2, -0.15) is 0 Å². The molecule has 4 rings (SSSR count). The summed E-state index contributed by atoms with van der Waals surface area (Å²) in [5.74, 6) is 0.784. The van der Waals surface area contributed by atoms with E-state index in [1.54, 1.807) is 6.07 Å². The van der Waals surface area contributed by atoms with Crippen molar-refractivity contribution in [3.05, 3.63) is 35.1 Å². The number of hydrogen-bond donors (Lipinski definition) is 1. The van der Waals surface area contributed by atoms with E-state index in [4.69, 9.17) is 4.74 Å². The van der Waals surface area contributed by atoms with Crippen molar-refractivity contribution >= 4 is 5.91 Å². The van der Waals surface area contributed by atoms with Crippen LogP contribution in [-0.2, 0) is 16.1 Å². The number of fused-ring (bicyclic) bond motifs is 1. The standard InChI is InChI=1S/C23H34FN3O2/c1-4-26(3)10-8-22(28)25-12-18-19-14-27(15-23(19)9-7-21(18)29-23)13-17-11-16(2)5-6-20(17)24/h5-6,11,18-19,21H,4,7-10,12-15H2,1-3H3,(H,25,28)/t18-,19+,21+,23+/m0/s1. The van der Waals surface area contributed by atoms with Crippen molar-refractivity contribution in [1.29, 1.82) is 0 Å². The molecule has 0 saturated carbocycles. The third-order valence-electron chi connectivity index (χ3n) is 7.24. The van der Waals surface area contributed by atoms with Crippen LogP contribution in [0.1, 0.15) is 37.3 Å². The molecule has 6 heteroatoms. The van der Waals surface area contributed by atoms with Crippen LogP contribution >= 0.6 is 0 Å². The number of carbonyl (C=O) groups excluding carboxylic acids is 1. The Morgan fingerprint density at radius 2 is 2.28 bits per heavy atom. The Morgan fingerprint density at radius 1 is 1.45 bits per heavy atom.